The number of hydrogen-bond acceptors (Lipinski definition) is 5. The Balaban J connectivity index is 0. The van der Waals surface area contributed by atoms with E-state index in [0.717, 1.165) is 25.7 Å². The summed E-state index contributed by atoms with van der Waals surface area (Å²) in [5, 5.41) is 25.5. The highest BCUT2D eigenvalue weighted by Crippen LogP contribution is 2.15. The number of aliphatic hydroxyl groups excluding tert-OH is 1. The van der Waals surface area contributed by atoms with Gasteiger partial charge in [-0.05, 0) is 26.7 Å². The number of carboxylic acids is 1. The number of esters is 1. The number of ether oxygens (including phenoxy) is 1. The Bertz CT molecular complexity index is 273. The number of unbranched alkanes of at least 4 members (excludes halogenated alkanes) is 2. The van der Waals surface area contributed by atoms with Gasteiger partial charge < -0.3 is 20.1 Å². The van der Waals surface area contributed by atoms with Gasteiger partial charge in [-0.1, -0.05) is 33.1 Å². The third kappa shape index (κ3) is 11.9. The van der Waals surface area contributed by atoms with Crippen LogP contribution in [-0.4, -0.2) is 45.6 Å². The molecule has 0 rings (SSSR count). The molecular weight excluding hydrogens is 264 g/mol. The van der Waals surface area contributed by atoms with Gasteiger partial charge >= 0.3 is 11.9 Å². The Morgan fingerprint density at radius 1 is 1.20 bits per heavy atom. The molecule has 0 saturated carbocycles. The summed E-state index contributed by atoms with van der Waals surface area (Å²) in [6, 6.07) is 0. The van der Waals surface area contributed by atoms with Gasteiger partial charge in [-0.25, -0.2) is 9.59 Å². The summed E-state index contributed by atoms with van der Waals surface area (Å²) in [6.45, 7) is 7.19. The van der Waals surface area contributed by atoms with Crippen LogP contribution in [0.4, 0.5) is 0 Å². The standard InChI is InChI=1S/C11H22O3.C3H6O3/c1-4-6-8-11(3,13)10(12)14-9-7-5-2;1-2(4)3(5)6/h13H,4-9H2,1-3H3;2,4H,1H3,(H,5,6). The van der Waals surface area contributed by atoms with Gasteiger partial charge in [-0.15, -0.1) is 0 Å². The summed E-state index contributed by atoms with van der Waals surface area (Å²) < 4.78 is 4.96. The van der Waals surface area contributed by atoms with Crippen molar-refractivity contribution in [2.24, 2.45) is 0 Å². The number of rotatable bonds is 8. The van der Waals surface area contributed by atoms with Crippen molar-refractivity contribution in [3.05, 3.63) is 0 Å². The van der Waals surface area contributed by atoms with Crippen LogP contribution in [0.2, 0.25) is 0 Å². The van der Waals surface area contributed by atoms with Gasteiger partial charge in [0.2, 0.25) is 0 Å². The van der Waals surface area contributed by atoms with E-state index in [1.54, 1.807) is 0 Å². The minimum atomic E-state index is -1.30. The zero-order valence-electron chi connectivity index (χ0n) is 12.9. The van der Waals surface area contributed by atoms with E-state index in [1.807, 2.05) is 13.8 Å². The highest BCUT2D eigenvalue weighted by atomic mass is 16.5. The molecule has 0 spiro atoms. The molecule has 0 aliphatic carbocycles. The summed E-state index contributed by atoms with van der Waals surface area (Å²) in [7, 11) is 0. The Morgan fingerprint density at radius 2 is 1.65 bits per heavy atom. The van der Waals surface area contributed by atoms with E-state index >= 15 is 0 Å². The fourth-order valence-electron chi connectivity index (χ4n) is 1.09. The summed E-state index contributed by atoms with van der Waals surface area (Å²) in [4.78, 5) is 20.8. The molecule has 0 aromatic heterocycles. The van der Waals surface area contributed by atoms with E-state index in [9.17, 15) is 14.7 Å². The van der Waals surface area contributed by atoms with Gasteiger partial charge in [0.15, 0.2) is 5.60 Å². The number of hydrogen-bond donors (Lipinski definition) is 3. The largest absolute Gasteiger partial charge is 0.479 e. The Labute approximate surface area is 120 Å². The average molecular weight is 292 g/mol. The van der Waals surface area contributed by atoms with Gasteiger partial charge in [-0.2, -0.15) is 0 Å². The van der Waals surface area contributed by atoms with E-state index < -0.39 is 23.6 Å². The normalized spacial score (nSPS) is 14.5. The van der Waals surface area contributed by atoms with Gasteiger partial charge in [0.05, 0.1) is 6.61 Å². The van der Waals surface area contributed by atoms with Crippen LogP contribution < -0.4 is 0 Å². The van der Waals surface area contributed by atoms with Gasteiger partial charge in [-0.3, -0.25) is 0 Å². The topological polar surface area (TPSA) is 104 Å². The molecule has 0 saturated heterocycles. The maximum absolute atomic E-state index is 11.4. The van der Waals surface area contributed by atoms with E-state index in [0.29, 0.717) is 13.0 Å². The van der Waals surface area contributed by atoms with Crippen LogP contribution in [0.15, 0.2) is 0 Å². The van der Waals surface area contributed by atoms with Crippen LogP contribution in [0.5, 0.6) is 0 Å². The molecule has 0 aromatic rings. The molecular formula is C14H28O6. The Morgan fingerprint density at radius 3 is 2.00 bits per heavy atom. The van der Waals surface area contributed by atoms with E-state index in [2.05, 4.69) is 0 Å². The molecule has 2 unspecified atom stereocenters. The summed E-state index contributed by atoms with van der Waals surface area (Å²) in [5.41, 5.74) is -1.30. The molecule has 0 aromatic carbocycles. The second-order valence-electron chi connectivity index (χ2n) is 4.88. The van der Waals surface area contributed by atoms with Crippen LogP contribution in [0.25, 0.3) is 0 Å². The lowest BCUT2D eigenvalue weighted by atomic mass is 10.00. The van der Waals surface area contributed by atoms with Crippen molar-refractivity contribution >= 4 is 11.9 Å². The second kappa shape index (κ2) is 11.7. The van der Waals surface area contributed by atoms with Gasteiger partial charge in [0, 0.05) is 0 Å². The van der Waals surface area contributed by atoms with E-state index in [4.69, 9.17) is 14.9 Å². The minimum Gasteiger partial charge on any atom is -0.479 e. The first-order chi connectivity index (χ1) is 9.18. The van der Waals surface area contributed by atoms with E-state index in [-0.39, 0.29) is 0 Å². The molecule has 0 fully saturated rings. The number of carbonyl (C=O) groups excluding carboxylic acids is 1. The third-order valence-electron chi connectivity index (χ3n) is 2.55. The molecule has 2 atom stereocenters. The van der Waals surface area contributed by atoms with Crippen molar-refractivity contribution < 1.29 is 29.6 Å². The molecule has 6 nitrogen and oxygen atoms in total. The zero-order chi connectivity index (χ0) is 16.2. The number of aliphatic carboxylic acids is 1. The fourth-order valence-corrected chi connectivity index (χ4v) is 1.09. The van der Waals surface area contributed by atoms with Crippen molar-refractivity contribution in [3.8, 4) is 0 Å². The highest BCUT2D eigenvalue weighted by Gasteiger charge is 2.30. The third-order valence-corrected chi connectivity index (χ3v) is 2.55. The monoisotopic (exact) mass is 292 g/mol. The van der Waals surface area contributed by atoms with Crippen LogP contribution in [0.3, 0.4) is 0 Å². The molecule has 3 N–H and O–H groups in total. The quantitative estimate of drug-likeness (QED) is 0.465. The SMILES string of the molecule is CC(O)C(=O)O.CCCCOC(=O)C(C)(O)CCCC. The van der Waals surface area contributed by atoms with Crippen LogP contribution >= 0.6 is 0 Å². The maximum atomic E-state index is 11.4. The maximum Gasteiger partial charge on any atom is 0.337 e. The van der Waals surface area contributed by atoms with Crippen molar-refractivity contribution in [2.75, 3.05) is 6.61 Å². The lowest BCUT2D eigenvalue weighted by Crippen LogP contribution is -2.36. The highest BCUT2D eigenvalue weighted by molar-refractivity contribution is 5.78. The Kier molecular flexibility index (Phi) is 12.3. The fraction of sp³-hybridized carbons (Fsp3) is 0.857. The average Bonchev–Trinajstić information content (AvgIpc) is 2.37. The predicted molar refractivity (Wildman–Crippen MR) is 75.3 cm³/mol. The molecule has 0 bridgehead atoms. The van der Waals surface area contributed by atoms with E-state index in [1.165, 1.54) is 13.8 Å². The van der Waals surface area contributed by atoms with Crippen molar-refractivity contribution in [3.63, 3.8) is 0 Å². The molecule has 20 heavy (non-hydrogen) atoms. The number of aliphatic hydroxyl groups is 2. The second-order valence-corrected chi connectivity index (χ2v) is 4.88. The number of carboxylic acid groups (broad SMARTS) is 1. The minimum absolute atomic E-state index is 0.414. The van der Waals surface area contributed by atoms with Gasteiger partial charge in [0.25, 0.3) is 0 Å². The lowest BCUT2D eigenvalue weighted by Gasteiger charge is -2.20. The van der Waals surface area contributed by atoms with Crippen LogP contribution in [0.1, 0.15) is 59.8 Å². The molecule has 120 valence electrons. The molecule has 0 radical (unpaired) electrons. The van der Waals surface area contributed by atoms with Crippen molar-refractivity contribution in [2.45, 2.75) is 71.5 Å². The summed E-state index contributed by atoms with van der Waals surface area (Å²) >= 11 is 0. The molecule has 0 heterocycles. The van der Waals surface area contributed by atoms with Crippen molar-refractivity contribution in [1.82, 2.24) is 0 Å². The summed E-state index contributed by atoms with van der Waals surface area (Å²) in [6.07, 6.45) is 2.91. The van der Waals surface area contributed by atoms with Gasteiger partial charge in [0.1, 0.15) is 6.10 Å². The lowest BCUT2D eigenvalue weighted by molar-refractivity contribution is -0.164. The first-order valence-corrected chi connectivity index (χ1v) is 6.99. The number of carbonyl (C=O) groups is 2. The van der Waals surface area contributed by atoms with Crippen molar-refractivity contribution in [1.29, 1.82) is 0 Å². The molecule has 0 aliphatic heterocycles. The smallest absolute Gasteiger partial charge is 0.337 e. The van der Waals surface area contributed by atoms with Crippen LogP contribution in [-0.2, 0) is 14.3 Å². The molecule has 0 amide bonds. The first-order valence-electron chi connectivity index (χ1n) is 6.99. The molecule has 0 aliphatic rings. The zero-order valence-corrected chi connectivity index (χ0v) is 12.9. The Hall–Kier alpha value is -1.14. The predicted octanol–water partition coefficient (Wildman–Crippen LogP) is 1.72. The molecule has 6 heteroatoms. The first kappa shape index (κ1) is 21.2. The van der Waals surface area contributed by atoms with Crippen LogP contribution in [0, 0.1) is 0 Å². The summed E-state index contributed by atoms with van der Waals surface area (Å²) in [5.74, 6) is -1.67.